The average molecular weight is 119 g/mol. The molecular formula is C5H13NO2. The summed E-state index contributed by atoms with van der Waals surface area (Å²) in [6, 6.07) is 0. The number of aliphatic hydroxyl groups excluding tert-OH is 2. The van der Waals surface area contributed by atoms with E-state index in [1.54, 1.807) is 6.92 Å². The van der Waals surface area contributed by atoms with Crippen molar-refractivity contribution in [2.24, 2.45) is 11.1 Å². The van der Waals surface area contributed by atoms with E-state index in [2.05, 4.69) is 0 Å². The smallest absolute Gasteiger partial charge is 0.0518 e. The monoisotopic (exact) mass is 119 g/mol. The maximum Gasteiger partial charge on any atom is 0.0518 e. The van der Waals surface area contributed by atoms with E-state index in [4.69, 9.17) is 15.9 Å². The fourth-order valence-electron chi connectivity index (χ4n) is 0.179. The summed E-state index contributed by atoms with van der Waals surface area (Å²) >= 11 is 0. The van der Waals surface area contributed by atoms with Crippen molar-refractivity contribution in [2.45, 2.75) is 6.92 Å². The molecule has 0 aliphatic carbocycles. The Labute approximate surface area is 49.1 Å². The van der Waals surface area contributed by atoms with Crippen molar-refractivity contribution in [3.63, 3.8) is 0 Å². The third-order valence-corrected chi connectivity index (χ3v) is 1.26. The molecule has 0 bridgehead atoms. The summed E-state index contributed by atoms with van der Waals surface area (Å²) in [5.74, 6) is 0. The molecular weight excluding hydrogens is 106 g/mol. The van der Waals surface area contributed by atoms with Crippen molar-refractivity contribution in [1.29, 1.82) is 0 Å². The Balaban J connectivity index is 3.58. The van der Waals surface area contributed by atoms with Gasteiger partial charge >= 0.3 is 0 Å². The van der Waals surface area contributed by atoms with Gasteiger partial charge in [-0.25, -0.2) is 0 Å². The van der Waals surface area contributed by atoms with Gasteiger partial charge in [0.25, 0.3) is 0 Å². The Bertz CT molecular complexity index is 53.2. The van der Waals surface area contributed by atoms with Crippen molar-refractivity contribution >= 4 is 0 Å². The zero-order valence-electron chi connectivity index (χ0n) is 5.09. The lowest BCUT2D eigenvalue weighted by molar-refractivity contribution is 0.0773. The molecule has 0 aromatic heterocycles. The predicted octanol–water partition coefficient (Wildman–Crippen LogP) is -1.06. The molecule has 4 N–H and O–H groups in total. The van der Waals surface area contributed by atoms with Gasteiger partial charge < -0.3 is 15.9 Å². The highest BCUT2D eigenvalue weighted by molar-refractivity contribution is 4.71. The molecule has 0 radical (unpaired) electrons. The first-order valence-corrected chi connectivity index (χ1v) is 2.60. The summed E-state index contributed by atoms with van der Waals surface area (Å²) < 4.78 is 0. The molecule has 0 fully saturated rings. The predicted molar refractivity (Wildman–Crippen MR) is 31.3 cm³/mol. The van der Waals surface area contributed by atoms with Crippen molar-refractivity contribution < 1.29 is 10.2 Å². The van der Waals surface area contributed by atoms with Gasteiger partial charge in [0.1, 0.15) is 0 Å². The van der Waals surface area contributed by atoms with Crippen LogP contribution in [0.4, 0.5) is 0 Å². The number of aliphatic hydroxyl groups is 2. The molecule has 0 amide bonds. The molecule has 0 saturated carbocycles. The summed E-state index contributed by atoms with van der Waals surface area (Å²) in [5.41, 5.74) is 4.72. The quantitative estimate of drug-likeness (QED) is 0.443. The lowest BCUT2D eigenvalue weighted by Gasteiger charge is -2.21. The lowest BCUT2D eigenvalue weighted by Crippen LogP contribution is -2.34. The molecule has 3 nitrogen and oxygen atoms in total. The van der Waals surface area contributed by atoms with Gasteiger partial charge in [-0.1, -0.05) is 6.92 Å². The van der Waals surface area contributed by atoms with Gasteiger partial charge in [-0.05, 0) is 0 Å². The highest BCUT2D eigenvalue weighted by Gasteiger charge is 2.19. The average Bonchev–Trinajstić information content (AvgIpc) is 1.87. The van der Waals surface area contributed by atoms with E-state index in [-0.39, 0.29) is 13.2 Å². The van der Waals surface area contributed by atoms with Crippen LogP contribution in [0.15, 0.2) is 0 Å². The van der Waals surface area contributed by atoms with Crippen LogP contribution in [-0.4, -0.2) is 30.0 Å². The second-order valence-electron chi connectivity index (χ2n) is 2.33. The van der Waals surface area contributed by atoms with E-state index in [0.717, 1.165) is 0 Å². The zero-order chi connectivity index (χ0) is 6.62. The van der Waals surface area contributed by atoms with Crippen LogP contribution in [0.1, 0.15) is 6.92 Å². The lowest BCUT2D eigenvalue weighted by atomic mass is 9.94. The first-order chi connectivity index (χ1) is 3.68. The van der Waals surface area contributed by atoms with E-state index in [9.17, 15) is 0 Å². The second kappa shape index (κ2) is 3.02. The molecule has 8 heavy (non-hydrogen) atoms. The van der Waals surface area contributed by atoms with Gasteiger partial charge in [0.15, 0.2) is 0 Å². The standard InChI is InChI=1S/C5H13NO2/c1-5(2-6,3-7)4-8/h7-8H,2-4,6H2,1H3. The summed E-state index contributed by atoms with van der Waals surface area (Å²) in [6.45, 7) is 1.94. The molecule has 0 saturated heterocycles. The molecule has 3 heteroatoms. The van der Waals surface area contributed by atoms with E-state index >= 15 is 0 Å². The summed E-state index contributed by atoms with van der Waals surface area (Å²) in [4.78, 5) is 0. The van der Waals surface area contributed by atoms with Crippen LogP contribution in [0.25, 0.3) is 0 Å². The Morgan fingerprint density at radius 3 is 1.75 bits per heavy atom. The number of hydrogen-bond acceptors (Lipinski definition) is 3. The molecule has 0 rings (SSSR count). The van der Waals surface area contributed by atoms with Crippen molar-refractivity contribution in [2.75, 3.05) is 19.8 Å². The molecule has 0 aromatic rings. The number of nitrogens with two attached hydrogens (primary N) is 1. The summed E-state index contributed by atoms with van der Waals surface area (Å²) in [5, 5.41) is 17.1. The minimum atomic E-state index is -0.486. The Hall–Kier alpha value is -0.120. The largest absolute Gasteiger partial charge is 0.396 e. The van der Waals surface area contributed by atoms with E-state index in [1.807, 2.05) is 0 Å². The molecule has 0 aliphatic rings. The van der Waals surface area contributed by atoms with Crippen LogP contribution in [0.2, 0.25) is 0 Å². The van der Waals surface area contributed by atoms with E-state index < -0.39 is 5.41 Å². The zero-order valence-corrected chi connectivity index (χ0v) is 5.09. The van der Waals surface area contributed by atoms with Crippen LogP contribution < -0.4 is 5.73 Å². The van der Waals surface area contributed by atoms with E-state index in [0.29, 0.717) is 6.54 Å². The molecule has 0 unspecified atom stereocenters. The first-order valence-electron chi connectivity index (χ1n) is 2.60. The number of hydrogen-bond donors (Lipinski definition) is 3. The van der Waals surface area contributed by atoms with Crippen molar-refractivity contribution in [3.05, 3.63) is 0 Å². The van der Waals surface area contributed by atoms with Crippen LogP contribution in [0.5, 0.6) is 0 Å². The highest BCUT2D eigenvalue weighted by atomic mass is 16.3. The third-order valence-electron chi connectivity index (χ3n) is 1.26. The van der Waals surface area contributed by atoms with Gasteiger partial charge in [0.05, 0.1) is 13.2 Å². The minimum Gasteiger partial charge on any atom is -0.396 e. The van der Waals surface area contributed by atoms with Gasteiger partial charge in [-0.15, -0.1) is 0 Å². The fourth-order valence-corrected chi connectivity index (χ4v) is 0.179. The van der Waals surface area contributed by atoms with E-state index in [1.165, 1.54) is 0 Å². The Morgan fingerprint density at radius 2 is 1.75 bits per heavy atom. The molecule has 0 aliphatic heterocycles. The summed E-state index contributed by atoms with van der Waals surface area (Å²) in [7, 11) is 0. The SMILES string of the molecule is CC(CN)(CO)CO. The van der Waals surface area contributed by atoms with Crippen LogP contribution in [-0.2, 0) is 0 Å². The van der Waals surface area contributed by atoms with Gasteiger partial charge in [0.2, 0.25) is 0 Å². The Morgan fingerprint density at radius 1 is 1.38 bits per heavy atom. The Kier molecular flexibility index (Phi) is 2.97. The van der Waals surface area contributed by atoms with Crippen molar-refractivity contribution in [1.82, 2.24) is 0 Å². The van der Waals surface area contributed by atoms with Gasteiger partial charge in [0, 0.05) is 12.0 Å². The maximum absolute atomic E-state index is 8.55. The van der Waals surface area contributed by atoms with Crippen LogP contribution >= 0.6 is 0 Å². The van der Waals surface area contributed by atoms with Gasteiger partial charge in [-0.2, -0.15) is 0 Å². The highest BCUT2D eigenvalue weighted by Crippen LogP contribution is 2.09. The van der Waals surface area contributed by atoms with Crippen molar-refractivity contribution in [3.8, 4) is 0 Å². The van der Waals surface area contributed by atoms with Crippen LogP contribution in [0.3, 0.4) is 0 Å². The maximum atomic E-state index is 8.55. The fraction of sp³-hybridized carbons (Fsp3) is 1.00. The number of rotatable bonds is 3. The summed E-state index contributed by atoms with van der Waals surface area (Å²) in [6.07, 6.45) is 0. The first kappa shape index (κ1) is 7.88. The topological polar surface area (TPSA) is 66.5 Å². The third kappa shape index (κ3) is 1.78. The van der Waals surface area contributed by atoms with Crippen LogP contribution in [0, 0.1) is 5.41 Å². The van der Waals surface area contributed by atoms with Gasteiger partial charge in [-0.3, -0.25) is 0 Å². The normalized spacial score (nSPS) is 12.0. The molecule has 0 atom stereocenters. The molecule has 0 aromatic carbocycles. The molecule has 0 heterocycles. The molecule has 50 valence electrons. The molecule has 0 spiro atoms. The minimum absolute atomic E-state index is 0.0556. The second-order valence-corrected chi connectivity index (χ2v) is 2.33.